The van der Waals surface area contributed by atoms with Gasteiger partial charge < -0.3 is 10.6 Å². The summed E-state index contributed by atoms with van der Waals surface area (Å²) >= 11 is 0. The normalized spacial score (nSPS) is 10.5. The summed E-state index contributed by atoms with van der Waals surface area (Å²) in [4.78, 5) is 17.3. The first-order valence-corrected chi connectivity index (χ1v) is 6.80. The van der Waals surface area contributed by atoms with Crippen molar-refractivity contribution in [3.8, 4) is 0 Å². The van der Waals surface area contributed by atoms with Crippen LogP contribution in [-0.2, 0) is 0 Å². The van der Waals surface area contributed by atoms with Gasteiger partial charge in [-0.3, -0.25) is 4.98 Å². The van der Waals surface area contributed by atoms with Crippen LogP contribution < -0.4 is 10.6 Å². The second-order valence-corrected chi connectivity index (χ2v) is 4.59. The molecule has 0 aliphatic rings. The van der Waals surface area contributed by atoms with Crippen molar-refractivity contribution in [2.45, 2.75) is 6.92 Å². The topological polar surface area (TPSA) is 75.6 Å². The van der Waals surface area contributed by atoms with Crippen molar-refractivity contribution >= 4 is 22.7 Å². The van der Waals surface area contributed by atoms with Crippen molar-refractivity contribution in [2.24, 2.45) is 0 Å². The van der Waals surface area contributed by atoms with Crippen LogP contribution in [0.4, 0.5) is 11.6 Å². The van der Waals surface area contributed by atoms with E-state index in [1.54, 1.807) is 18.6 Å². The molecule has 0 aliphatic heterocycles. The number of nitrogens with zero attached hydrogens (tertiary/aromatic N) is 4. The molecular formula is C15H16N6. The minimum absolute atomic E-state index is 0.727. The fraction of sp³-hybridized carbons (Fsp3) is 0.200. The molecule has 2 N–H and O–H groups in total. The molecule has 0 unspecified atom stereocenters. The molecule has 21 heavy (non-hydrogen) atoms. The lowest BCUT2D eigenvalue weighted by atomic mass is 10.3. The van der Waals surface area contributed by atoms with Crippen LogP contribution in [0.3, 0.4) is 0 Å². The van der Waals surface area contributed by atoms with Crippen LogP contribution in [0, 0.1) is 6.92 Å². The number of aromatic nitrogens is 4. The summed E-state index contributed by atoms with van der Waals surface area (Å²) in [5.41, 5.74) is 2.71. The fourth-order valence-electron chi connectivity index (χ4n) is 2.02. The largest absolute Gasteiger partial charge is 0.367 e. The summed E-state index contributed by atoms with van der Waals surface area (Å²) in [6.45, 7) is 3.41. The van der Waals surface area contributed by atoms with E-state index in [9.17, 15) is 0 Å². The summed E-state index contributed by atoms with van der Waals surface area (Å²) in [5.74, 6) is 1.58. The maximum atomic E-state index is 4.59. The maximum absolute atomic E-state index is 4.59. The highest BCUT2D eigenvalue weighted by Gasteiger charge is 2.03. The molecule has 3 rings (SSSR count). The molecule has 2 heterocycles. The van der Waals surface area contributed by atoms with Crippen LogP contribution in [0.15, 0.2) is 42.9 Å². The fourth-order valence-corrected chi connectivity index (χ4v) is 2.02. The smallest absolute Gasteiger partial charge is 0.148 e. The lowest BCUT2D eigenvalue weighted by Gasteiger charge is -2.10. The first-order chi connectivity index (χ1) is 10.3. The van der Waals surface area contributed by atoms with Crippen LogP contribution in [-0.4, -0.2) is 33.0 Å². The molecule has 1 aromatic carbocycles. The molecule has 0 spiro atoms. The third kappa shape index (κ3) is 3.22. The highest BCUT2D eigenvalue weighted by Crippen LogP contribution is 2.15. The first-order valence-electron chi connectivity index (χ1n) is 6.80. The molecule has 0 radical (unpaired) electrons. The van der Waals surface area contributed by atoms with Crippen molar-refractivity contribution in [3.63, 3.8) is 0 Å². The average Bonchev–Trinajstić information content (AvgIpc) is 2.53. The Morgan fingerprint density at radius 2 is 1.71 bits per heavy atom. The Balaban J connectivity index is 1.61. The van der Waals surface area contributed by atoms with Crippen molar-refractivity contribution < 1.29 is 0 Å². The molecule has 0 atom stereocenters. The van der Waals surface area contributed by atoms with E-state index >= 15 is 0 Å². The van der Waals surface area contributed by atoms with E-state index in [1.807, 2.05) is 31.2 Å². The Labute approximate surface area is 122 Å². The minimum atomic E-state index is 0.727. The molecule has 2 aromatic heterocycles. The number of aryl methyl sites for hydroxylation is 1. The molecule has 0 saturated carbocycles. The van der Waals surface area contributed by atoms with Crippen molar-refractivity contribution in [1.82, 2.24) is 19.9 Å². The molecular weight excluding hydrogens is 264 g/mol. The molecule has 0 fully saturated rings. The predicted molar refractivity (Wildman–Crippen MR) is 83.3 cm³/mol. The zero-order chi connectivity index (χ0) is 14.5. The van der Waals surface area contributed by atoms with E-state index in [2.05, 4.69) is 30.6 Å². The summed E-state index contributed by atoms with van der Waals surface area (Å²) in [6, 6.07) is 7.86. The van der Waals surface area contributed by atoms with Gasteiger partial charge in [0.25, 0.3) is 0 Å². The standard InChI is InChI=1S/C15H16N6/c1-11-15(21-13-5-3-2-4-12(13)20-11)19-9-8-18-14-10-16-6-7-17-14/h2-7,10H,8-9H2,1H3,(H,17,18)(H,19,21). The first kappa shape index (κ1) is 13.2. The number of rotatable bonds is 5. The third-order valence-electron chi connectivity index (χ3n) is 3.03. The zero-order valence-electron chi connectivity index (χ0n) is 11.7. The summed E-state index contributed by atoms with van der Waals surface area (Å²) in [7, 11) is 0. The van der Waals surface area contributed by atoms with Crippen LogP contribution in [0.25, 0.3) is 11.0 Å². The number of nitrogens with one attached hydrogen (secondary N) is 2. The number of hydrogen-bond donors (Lipinski definition) is 2. The zero-order valence-corrected chi connectivity index (χ0v) is 11.7. The third-order valence-corrected chi connectivity index (χ3v) is 3.03. The molecule has 6 nitrogen and oxygen atoms in total. The predicted octanol–water partition coefficient (Wildman–Crippen LogP) is 2.25. The van der Waals surface area contributed by atoms with E-state index in [0.29, 0.717) is 0 Å². The molecule has 0 aliphatic carbocycles. The van der Waals surface area contributed by atoms with E-state index in [-0.39, 0.29) is 0 Å². The highest BCUT2D eigenvalue weighted by molar-refractivity contribution is 5.76. The lowest BCUT2D eigenvalue weighted by molar-refractivity contribution is 1.02. The quantitative estimate of drug-likeness (QED) is 0.698. The average molecular weight is 280 g/mol. The number of para-hydroxylation sites is 2. The summed E-state index contributed by atoms with van der Waals surface area (Å²) in [5, 5.41) is 6.48. The van der Waals surface area contributed by atoms with Gasteiger partial charge in [-0.25, -0.2) is 15.0 Å². The van der Waals surface area contributed by atoms with E-state index in [1.165, 1.54) is 0 Å². The van der Waals surface area contributed by atoms with Crippen LogP contribution in [0.2, 0.25) is 0 Å². The molecule has 6 heteroatoms. The van der Waals surface area contributed by atoms with Gasteiger partial charge in [0.05, 0.1) is 22.9 Å². The second kappa shape index (κ2) is 6.13. The van der Waals surface area contributed by atoms with Gasteiger partial charge >= 0.3 is 0 Å². The van der Waals surface area contributed by atoms with Gasteiger partial charge in [-0.15, -0.1) is 0 Å². The summed E-state index contributed by atoms with van der Waals surface area (Å²) < 4.78 is 0. The van der Waals surface area contributed by atoms with Crippen LogP contribution in [0.1, 0.15) is 5.69 Å². The Hall–Kier alpha value is -2.76. The number of benzene rings is 1. The van der Waals surface area contributed by atoms with Gasteiger partial charge in [-0.1, -0.05) is 12.1 Å². The van der Waals surface area contributed by atoms with Crippen LogP contribution in [0.5, 0.6) is 0 Å². The SMILES string of the molecule is Cc1nc2ccccc2nc1NCCNc1cnccn1. The summed E-state index contributed by atoms with van der Waals surface area (Å²) in [6.07, 6.45) is 5.01. The second-order valence-electron chi connectivity index (χ2n) is 4.59. The maximum Gasteiger partial charge on any atom is 0.148 e. The van der Waals surface area contributed by atoms with Gasteiger partial charge in [0.15, 0.2) is 0 Å². The van der Waals surface area contributed by atoms with E-state index in [4.69, 9.17) is 0 Å². The van der Waals surface area contributed by atoms with Crippen molar-refractivity contribution in [2.75, 3.05) is 23.7 Å². The van der Waals surface area contributed by atoms with E-state index in [0.717, 1.165) is 41.5 Å². The van der Waals surface area contributed by atoms with E-state index < -0.39 is 0 Å². The van der Waals surface area contributed by atoms with Crippen LogP contribution >= 0.6 is 0 Å². The molecule has 0 bridgehead atoms. The van der Waals surface area contributed by atoms with Gasteiger partial charge in [0, 0.05) is 25.5 Å². The number of anilines is 2. The van der Waals surface area contributed by atoms with Gasteiger partial charge in [-0.05, 0) is 19.1 Å². The highest BCUT2D eigenvalue weighted by atomic mass is 15.1. The monoisotopic (exact) mass is 280 g/mol. The van der Waals surface area contributed by atoms with Crippen molar-refractivity contribution in [3.05, 3.63) is 48.5 Å². The van der Waals surface area contributed by atoms with Gasteiger partial charge in [0.2, 0.25) is 0 Å². The number of hydrogen-bond acceptors (Lipinski definition) is 6. The molecule has 0 amide bonds. The molecule has 0 saturated heterocycles. The Morgan fingerprint density at radius 1 is 0.952 bits per heavy atom. The van der Waals surface area contributed by atoms with Gasteiger partial charge in [0.1, 0.15) is 11.6 Å². The minimum Gasteiger partial charge on any atom is -0.367 e. The Kier molecular flexibility index (Phi) is 3.86. The Morgan fingerprint density at radius 3 is 2.48 bits per heavy atom. The molecule has 106 valence electrons. The Bertz CT molecular complexity index is 729. The molecule has 3 aromatic rings. The van der Waals surface area contributed by atoms with Crippen molar-refractivity contribution in [1.29, 1.82) is 0 Å². The number of fused-ring (bicyclic) bond motifs is 1. The lowest BCUT2D eigenvalue weighted by Crippen LogP contribution is -2.16. The van der Waals surface area contributed by atoms with Gasteiger partial charge in [-0.2, -0.15) is 0 Å².